The molecule has 2 heteroatoms. The highest BCUT2D eigenvalue weighted by molar-refractivity contribution is 5.40. The van der Waals surface area contributed by atoms with Crippen LogP contribution >= 0.6 is 0 Å². The van der Waals surface area contributed by atoms with Gasteiger partial charge in [-0.25, -0.2) is 0 Å². The molecular weight excluding hydrogens is 176 g/mol. The largest absolute Gasteiger partial charge is 0.508 e. The van der Waals surface area contributed by atoms with E-state index in [0.717, 1.165) is 11.1 Å². The maximum absolute atomic E-state index is 9.70. The van der Waals surface area contributed by atoms with Crippen molar-refractivity contribution in [1.29, 1.82) is 0 Å². The van der Waals surface area contributed by atoms with Crippen molar-refractivity contribution in [3.8, 4) is 5.75 Å². The summed E-state index contributed by atoms with van der Waals surface area (Å²) in [4.78, 5) is 0. The SMILES string of the molecule is COCc1ccc(O)c(C(C)(C)C)c1. The van der Waals surface area contributed by atoms with E-state index in [1.165, 1.54) is 0 Å². The van der Waals surface area contributed by atoms with Gasteiger partial charge in [-0.05, 0) is 28.7 Å². The van der Waals surface area contributed by atoms with Crippen LogP contribution in [0.2, 0.25) is 0 Å². The second-order valence-corrected chi connectivity index (χ2v) is 4.53. The molecule has 0 fully saturated rings. The summed E-state index contributed by atoms with van der Waals surface area (Å²) >= 11 is 0. The second kappa shape index (κ2) is 4.01. The van der Waals surface area contributed by atoms with E-state index in [4.69, 9.17) is 4.74 Å². The standard InChI is InChI=1S/C12H18O2/c1-12(2,3)10-7-9(8-14-4)5-6-11(10)13/h5-7,13H,8H2,1-4H3. The normalized spacial score (nSPS) is 11.7. The second-order valence-electron chi connectivity index (χ2n) is 4.53. The van der Waals surface area contributed by atoms with Crippen molar-refractivity contribution in [2.45, 2.75) is 32.8 Å². The van der Waals surface area contributed by atoms with Crippen LogP contribution in [0, 0.1) is 0 Å². The van der Waals surface area contributed by atoms with Crippen molar-refractivity contribution in [3.63, 3.8) is 0 Å². The molecule has 0 atom stereocenters. The maximum Gasteiger partial charge on any atom is 0.119 e. The zero-order valence-corrected chi connectivity index (χ0v) is 9.29. The smallest absolute Gasteiger partial charge is 0.119 e. The summed E-state index contributed by atoms with van der Waals surface area (Å²) in [5.41, 5.74) is 2.02. The van der Waals surface area contributed by atoms with Crippen LogP contribution in [0.25, 0.3) is 0 Å². The fourth-order valence-electron chi connectivity index (χ4n) is 1.44. The van der Waals surface area contributed by atoms with Crippen molar-refractivity contribution in [2.75, 3.05) is 7.11 Å². The van der Waals surface area contributed by atoms with E-state index in [0.29, 0.717) is 12.4 Å². The van der Waals surface area contributed by atoms with E-state index in [1.807, 2.05) is 12.1 Å². The van der Waals surface area contributed by atoms with Gasteiger partial charge in [0.25, 0.3) is 0 Å². The molecule has 1 N–H and O–H groups in total. The summed E-state index contributed by atoms with van der Waals surface area (Å²) in [7, 11) is 1.67. The molecule has 2 nitrogen and oxygen atoms in total. The average Bonchev–Trinajstić information content (AvgIpc) is 2.07. The summed E-state index contributed by atoms with van der Waals surface area (Å²) in [6, 6.07) is 5.61. The molecule has 0 unspecified atom stereocenters. The van der Waals surface area contributed by atoms with E-state index in [2.05, 4.69) is 20.8 Å². The van der Waals surface area contributed by atoms with E-state index in [9.17, 15) is 5.11 Å². The molecule has 78 valence electrons. The minimum absolute atomic E-state index is 0.0339. The third kappa shape index (κ3) is 2.48. The quantitative estimate of drug-likeness (QED) is 0.784. The van der Waals surface area contributed by atoms with Gasteiger partial charge in [-0.1, -0.05) is 26.8 Å². The van der Waals surface area contributed by atoms with Gasteiger partial charge in [0, 0.05) is 7.11 Å². The molecule has 0 aromatic heterocycles. The number of aromatic hydroxyl groups is 1. The lowest BCUT2D eigenvalue weighted by Gasteiger charge is -2.21. The molecule has 0 heterocycles. The Bertz CT molecular complexity index is 311. The van der Waals surface area contributed by atoms with E-state index >= 15 is 0 Å². The van der Waals surface area contributed by atoms with Crippen LogP contribution in [0.4, 0.5) is 0 Å². The summed E-state index contributed by atoms with van der Waals surface area (Å²) in [6.45, 7) is 6.83. The molecule has 1 rings (SSSR count). The minimum Gasteiger partial charge on any atom is -0.508 e. The Kier molecular flexibility index (Phi) is 3.17. The van der Waals surface area contributed by atoms with Gasteiger partial charge in [-0.15, -0.1) is 0 Å². The molecular formula is C12H18O2. The van der Waals surface area contributed by atoms with Crippen LogP contribution in [0.1, 0.15) is 31.9 Å². The first-order chi connectivity index (χ1) is 6.45. The third-order valence-corrected chi connectivity index (χ3v) is 2.18. The highest BCUT2D eigenvalue weighted by Crippen LogP contribution is 2.31. The first kappa shape index (κ1) is 11.1. The number of hydrogen-bond acceptors (Lipinski definition) is 2. The van der Waals surface area contributed by atoms with Gasteiger partial charge in [0.1, 0.15) is 5.75 Å². The zero-order valence-electron chi connectivity index (χ0n) is 9.29. The number of phenols is 1. The first-order valence-electron chi connectivity index (χ1n) is 4.76. The molecule has 0 saturated heterocycles. The molecule has 0 saturated carbocycles. The van der Waals surface area contributed by atoms with Crippen LogP contribution in [0.5, 0.6) is 5.75 Å². The lowest BCUT2D eigenvalue weighted by Crippen LogP contribution is -2.11. The maximum atomic E-state index is 9.70. The fraction of sp³-hybridized carbons (Fsp3) is 0.500. The number of phenolic OH excluding ortho intramolecular Hbond substituents is 1. The van der Waals surface area contributed by atoms with Crippen molar-refractivity contribution in [3.05, 3.63) is 29.3 Å². The average molecular weight is 194 g/mol. The Morgan fingerprint density at radius 2 is 1.93 bits per heavy atom. The Hall–Kier alpha value is -1.02. The molecule has 0 spiro atoms. The van der Waals surface area contributed by atoms with Crippen molar-refractivity contribution in [1.82, 2.24) is 0 Å². The predicted molar refractivity (Wildman–Crippen MR) is 57.5 cm³/mol. The van der Waals surface area contributed by atoms with Gasteiger partial charge >= 0.3 is 0 Å². The predicted octanol–water partition coefficient (Wildman–Crippen LogP) is 2.84. The molecule has 0 radical (unpaired) electrons. The molecule has 14 heavy (non-hydrogen) atoms. The number of ether oxygens (including phenoxy) is 1. The topological polar surface area (TPSA) is 29.5 Å². The molecule has 0 aliphatic carbocycles. The van der Waals surface area contributed by atoms with E-state index < -0.39 is 0 Å². The van der Waals surface area contributed by atoms with Crippen LogP contribution in [-0.4, -0.2) is 12.2 Å². The molecule has 0 bridgehead atoms. The number of rotatable bonds is 2. The third-order valence-electron chi connectivity index (χ3n) is 2.18. The van der Waals surface area contributed by atoms with Gasteiger partial charge in [0.2, 0.25) is 0 Å². The number of hydrogen-bond donors (Lipinski definition) is 1. The molecule has 1 aromatic carbocycles. The monoisotopic (exact) mass is 194 g/mol. The lowest BCUT2D eigenvalue weighted by atomic mass is 9.85. The van der Waals surface area contributed by atoms with Gasteiger partial charge in [-0.2, -0.15) is 0 Å². The van der Waals surface area contributed by atoms with Gasteiger partial charge in [0.15, 0.2) is 0 Å². The van der Waals surface area contributed by atoms with Crippen molar-refractivity contribution < 1.29 is 9.84 Å². The Balaban J connectivity index is 3.09. The number of benzene rings is 1. The zero-order chi connectivity index (χ0) is 10.8. The molecule has 0 amide bonds. The highest BCUT2D eigenvalue weighted by Gasteiger charge is 2.18. The summed E-state index contributed by atoms with van der Waals surface area (Å²) in [5.74, 6) is 0.359. The van der Waals surface area contributed by atoms with Crippen LogP contribution in [0.3, 0.4) is 0 Å². The van der Waals surface area contributed by atoms with E-state index in [-0.39, 0.29) is 5.41 Å². The Morgan fingerprint density at radius 1 is 1.29 bits per heavy atom. The van der Waals surface area contributed by atoms with Gasteiger partial charge < -0.3 is 9.84 Å². The van der Waals surface area contributed by atoms with Crippen LogP contribution in [-0.2, 0) is 16.8 Å². The Morgan fingerprint density at radius 3 is 2.43 bits per heavy atom. The van der Waals surface area contributed by atoms with Crippen molar-refractivity contribution in [2.24, 2.45) is 0 Å². The van der Waals surface area contributed by atoms with Gasteiger partial charge in [0.05, 0.1) is 6.61 Å². The summed E-state index contributed by atoms with van der Waals surface area (Å²) < 4.78 is 5.05. The lowest BCUT2D eigenvalue weighted by molar-refractivity contribution is 0.184. The minimum atomic E-state index is -0.0339. The van der Waals surface area contributed by atoms with Crippen molar-refractivity contribution >= 4 is 0 Å². The molecule has 0 aliphatic rings. The molecule has 0 aliphatic heterocycles. The molecule has 1 aromatic rings. The van der Waals surface area contributed by atoms with Gasteiger partial charge in [-0.3, -0.25) is 0 Å². The highest BCUT2D eigenvalue weighted by atomic mass is 16.5. The first-order valence-corrected chi connectivity index (χ1v) is 4.76. The fourth-order valence-corrected chi connectivity index (χ4v) is 1.44. The van der Waals surface area contributed by atoms with Crippen LogP contribution < -0.4 is 0 Å². The number of methoxy groups -OCH3 is 1. The summed E-state index contributed by atoms with van der Waals surface area (Å²) in [6.07, 6.45) is 0. The summed E-state index contributed by atoms with van der Waals surface area (Å²) in [5, 5.41) is 9.70. The van der Waals surface area contributed by atoms with Crippen LogP contribution in [0.15, 0.2) is 18.2 Å². The Labute approximate surface area is 85.5 Å². The van der Waals surface area contributed by atoms with E-state index in [1.54, 1.807) is 13.2 Å².